The molecule has 178 valence electrons. The van der Waals surface area contributed by atoms with Crippen LogP contribution in [0.1, 0.15) is 72.9 Å². The Bertz CT molecular complexity index is 872. The molecule has 1 aliphatic carbocycles. The number of amides is 1. The Kier molecular flexibility index (Phi) is 10.7. The van der Waals surface area contributed by atoms with E-state index in [0.29, 0.717) is 0 Å². The first-order valence-corrected chi connectivity index (χ1v) is 12.5. The van der Waals surface area contributed by atoms with Gasteiger partial charge in [-0.25, -0.2) is 0 Å². The molecule has 33 heavy (non-hydrogen) atoms. The van der Waals surface area contributed by atoms with Crippen molar-refractivity contribution in [2.24, 2.45) is 5.92 Å². The third-order valence-electron chi connectivity index (χ3n) is 6.55. The summed E-state index contributed by atoms with van der Waals surface area (Å²) in [5.41, 5.74) is 4.12. The number of rotatable bonds is 12. The van der Waals surface area contributed by atoms with E-state index in [1.807, 2.05) is 31.3 Å². The topological polar surface area (TPSA) is 50.4 Å². The van der Waals surface area contributed by atoms with E-state index in [9.17, 15) is 4.79 Å². The molecule has 1 amide bonds. The molecule has 0 spiro atoms. The summed E-state index contributed by atoms with van der Waals surface area (Å²) in [5, 5.41) is 6.57. The van der Waals surface area contributed by atoms with Gasteiger partial charge in [0.15, 0.2) is 0 Å². The van der Waals surface area contributed by atoms with E-state index in [1.54, 1.807) is 7.11 Å². The second-order valence-electron chi connectivity index (χ2n) is 9.17. The second kappa shape index (κ2) is 14.0. The van der Waals surface area contributed by atoms with E-state index in [0.717, 1.165) is 60.6 Å². The lowest BCUT2D eigenvalue weighted by Gasteiger charge is -2.27. The summed E-state index contributed by atoms with van der Waals surface area (Å²) in [6.07, 6.45) is 11.8. The number of nitrogens with one attached hydrogen (secondary N) is 2. The highest BCUT2D eigenvalue weighted by Gasteiger charge is 2.21. The van der Waals surface area contributed by atoms with Gasteiger partial charge in [-0.3, -0.25) is 4.79 Å². The van der Waals surface area contributed by atoms with Gasteiger partial charge >= 0.3 is 0 Å². The summed E-state index contributed by atoms with van der Waals surface area (Å²) in [6.45, 7) is 1.55. The average Bonchev–Trinajstić information content (AvgIpc) is 2.85. The number of hydrogen-bond acceptors (Lipinski definition) is 3. The molecular weight excluding hydrogens is 408 g/mol. The minimum atomic E-state index is 0.0136. The molecule has 2 N–H and O–H groups in total. The summed E-state index contributed by atoms with van der Waals surface area (Å²) in [7, 11) is 3.70. The highest BCUT2D eigenvalue weighted by molar-refractivity contribution is 5.96. The number of allylic oxidation sites excluding steroid dienone is 1. The Labute approximate surface area is 199 Å². The number of carbonyl (C=O) groups is 1. The highest BCUT2D eigenvalue weighted by Crippen LogP contribution is 2.28. The van der Waals surface area contributed by atoms with Crippen molar-refractivity contribution >= 4 is 11.5 Å². The molecular formula is C29H40N2O2. The van der Waals surface area contributed by atoms with Crippen LogP contribution in [0.15, 0.2) is 60.7 Å². The molecule has 0 radical (unpaired) electrons. The fourth-order valence-electron chi connectivity index (χ4n) is 4.86. The number of hydrogen-bond donors (Lipinski definition) is 2. The minimum absolute atomic E-state index is 0.0136. The summed E-state index contributed by atoms with van der Waals surface area (Å²) in [6, 6.07) is 18.6. The fourth-order valence-corrected chi connectivity index (χ4v) is 4.86. The number of ether oxygens (including phenoxy) is 1. The van der Waals surface area contributed by atoms with Crippen LogP contribution in [-0.2, 0) is 4.74 Å². The van der Waals surface area contributed by atoms with E-state index in [4.69, 9.17) is 4.74 Å². The third-order valence-corrected chi connectivity index (χ3v) is 6.55. The van der Waals surface area contributed by atoms with Crippen LogP contribution in [0.4, 0.5) is 0 Å². The van der Waals surface area contributed by atoms with Crippen LogP contribution in [0, 0.1) is 5.92 Å². The summed E-state index contributed by atoms with van der Waals surface area (Å²) in [4.78, 5) is 13.2. The normalized spacial score (nSPS) is 15.9. The SMILES string of the molecule is CNC[C@H](CC1CCCCC1)NC(=O)c1cccc(/C(=C/CCCOC)c2ccccc2)c1. The summed E-state index contributed by atoms with van der Waals surface area (Å²) >= 11 is 0. The summed E-state index contributed by atoms with van der Waals surface area (Å²) < 4.78 is 5.21. The van der Waals surface area contributed by atoms with Crippen molar-refractivity contribution in [1.29, 1.82) is 0 Å². The van der Waals surface area contributed by atoms with Crippen LogP contribution < -0.4 is 10.6 Å². The number of likely N-dealkylation sites (N-methyl/N-ethyl adjacent to an activating group) is 1. The van der Waals surface area contributed by atoms with E-state index < -0.39 is 0 Å². The fraction of sp³-hybridized carbons (Fsp3) is 0.483. The van der Waals surface area contributed by atoms with Crippen molar-refractivity contribution in [1.82, 2.24) is 10.6 Å². The van der Waals surface area contributed by atoms with Crippen LogP contribution >= 0.6 is 0 Å². The van der Waals surface area contributed by atoms with Gasteiger partial charge in [-0.05, 0) is 61.1 Å². The van der Waals surface area contributed by atoms with Gasteiger partial charge in [0, 0.05) is 31.9 Å². The van der Waals surface area contributed by atoms with Crippen molar-refractivity contribution in [3.63, 3.8) is 0 Å². The van der Waals surface area contributed by atoms with Gasteiger partial charge in [-0.15, -0.1) is 0 Å². The quantitative estimate of drug-likeness (QED) is 0.402. The van der Waals surface area contributed by atoms with Crippen LogP contribution in [0.25, 0.3) is 5.57 Å². The molecule has 2 aromatic carbocycles. The molecule has 0 aromatic heterocycles. The first kappa shape index (κ1) is 25.2. The maximum atomic E-state index is 13.2. The standard InChI is InChI=1S/C29H40N2O2/c1-30-22-27(20-23-12-5-3-6-13-23)31-29(32)26-17-11-16-25(21-26)28(18-9-10-19-33-2)24-14-7-4-8-15-24/h4,7-8,11,14-18,21,23,27,30H,3,5-6,9-10,12-13,19-20,22H2,1-2H3,(H,31,32)/b28-18+/t27-/m0/s1. The predicted octanol–water partition coefficient (Wildman–Crippen LogP) is 5.83. The molecule has 1 aliphatic rings. The smallest absolute Gasteiger partial charge is 0.251 e. The average molecular weight is 449 g/mol. The molecule has 0 bridgehead atoms. The molecule has 0 saturated heterocycles. The Balaban J connectivity index is 1.75. The molecule has 1 atom stereocenters. The Morgan fingerprint density at radius 3 is 2.48 bits per heavy atom. The molecule has 3 rings (SSSR count). The van der Waals surface area contributed by atoms with E-state index in [2.05, 4.69) is 47.0 Å². The maximum absolute atomic E-state index is 13.2. The van der Waals surface area contributed by atoms with Gasteiger partial charge in [-0.2, -0.15) is 0 Å². The Morgan fingerprint density at radius 2 is 1.76 bits per heavy atom. The first-order valence-electron chi connectivity index (χ1n) is 12.5. The van der Waals surface area contributed by atoms with Crippen LogP contribution in [0.5, 0.6) is 0 Å². The molecule has 2 aromatic rings. The molecule has 1 fully saturated rings. The van der Waals surface area contributed by atoms with Crippen LogP contribution in [0.3, 0.4) is 0 Å². The second-order valence-corrected chi connectivity index (χ2v) is 9.17. The zero-order chi connectivity index (χ0) is 23.3. The van der Waals surface area contributed by atoms with Gasteiger partial charge < -0.3 is 15.4 Å². The molecule has 1 saturated carbocycles. The van der Waals surface area contributed by atoms with Crippen molar-refractivity contribution in [3.8, 4) is 0 Å². The Morgan fingerprint density at radius 1 is 1.03 bits per heavy atom. The van der Waals surface area contributed by atoms with Gasteiger partial charge in [0.05, 0.1) is 0 Å². The maximum Gasteiger partial charge on any atom is 0.251 e. The molecule has 0 heterocycles. The lowest BCUT2D eigenvalue weighted by atomic mass is 9.84. The zero-order valence-electron chi connectivity index (χ0n) is 20.3. The number of carbonyl (C=O) groups excluding carboxylic acids is 1. The van der Waals surface area contributed by atoms with Crippen molar-refractivity contribution in [2.45, 2.75) is 57.4 Å². The van der Waals surface area contributed by atoms with Crippen LogP contribution in [-0.4, -0.2) is 39.3 Å². The number of unbranched alkanes of at least 4 members (excludes halogenated alkanes) is 1. The van der Waals surface area contributed by atoms with Crippen molar-refractivity contribution in [3.05, 3.63) is 77.4 Å². The predicted molar refractivity (Wildman–Crippen MR) is 137 cm³/mol. The van der Waals surface area contributed by atoms with Gasteiger partial charge in [0.1, 0.15) is 0 Å². The minimum Gasteiger partial charge on any atom is -0.385 e. The number of benzene rings is 2. The van der Waals surface area contributed by atoms with Crippen molar-refractivity contribution in [2.75, 3.05) is 27.3 Å². The van der Waals surface area contributed by atoms with E-state index in [1.165, 1.54) is 32.1 Å². The van der Waals surface area contributed by atoms with E-state index >= 15 is 0 Å². The monoisotopic (exact) mass is 448 g/mol. The highest BCUT2D eigenvalue weighted by atomic mass is 16.5. The largest absolute Gasteiger partial charge is 0.385 e. The van der Waals surface area contributed by atoms with Gasteiger partial charge in [0.2, 0.25) is 0 Å². The molecule has 0 aliphatic heterocycles. The van der Waals surface area contributed by atoms with Crippen LogP contribution in [0.2, 0.25) is 0 Å². The Hall–Kier alpha value is -2.43. The van der Waals surface area contributed by atoms with Crippen molar-refractivity contribution < 1.29 is 9.53 Å². The third kappa shape index (κ3) is 8.13. The van der Waals surface area contributed by atoms with Gasteiger partial charge in [0.25, 0.3) is 5.91 Å². The molecule has 4 nitrogen and oxygen atoms in total. The lowest BCUT2D eigenvalue weighted by Crippen LogP contribution is -2.42. The van der Waals surface area contributed by atoms with Gasteiger partial charge in [-0.1, -0.05) is 80.6 Å². The lowest BCUT2D eigenvalue weighted by molar-refractivity contribution is 0.0928. The first-order chi connectivity index (χ1) is 16.2. The van der Waals surface area contributed by atoms with E-state index in [-0.39, 0.29) is 11.9 Å². The molecule has 4 heteroatoms. The summed E-state index contributed by atoms with van der Waals surface area (Å²) in [5.74, 6) is 0.739. The molecule has 0 unspecified atom stereocenters. The number of methoxy groups -OCH3 is 1. The zero-order valence-corrected chi connectivity index (χ0v) is 20.3.